The Balaban J connectivity index is 2.15. The van der Waals surface area contributed by atoms with Gasteiger partial charge in [0.2, 0.25) is 0 Å². The number of hydrogen-bond acceptors (Lipinski definition) is 2. The zero-order valence-corrected chi connectivity index (χ0v) is 12.7. The molecule has 0 aliphatic carbocycles. The Hall–Kier alpha value is -0.0600. The average Bonchev–Trinajstić information content (AvgIpc) is 2.58. The van der Waals surface area contributed by atoms with E-state index >= 15 is 0 Å². The summed E-state index contributed by atoms with van der Waals surface area (Å²) in [6.45, 7) is 4.40. The molecule has 1 aliphatic rings. The average molecular weight is 348 g/mol. The second-order valence-corrected chi connectivity index (χ2v) is 6.20. The quantitative estimate of drug-likeness (QED) is 0.878. The van der Waals surface area contributed by atoms with Crippen LogP contribution in [0.4, 0.5) is 5.69 Å². The van der Waals surface area contributed by atoms with E-state index in [1.54, 1.807) is 0 Å². The Morgan fingerprint density at radius 2 is 1.94 bits per heavy atom. The van der Waals surface area contributed by atoms with Crippen LogP contribution in [-0.2, 0) is 0 Å². The molecule has 1 aliphatic heterocycles. The van der Waals surface area contributed by atoms with Gasteiger partial charge in [-0.15, -0.1) is 0 Å². The predicted octanol–water partition coefficient (Wildman–Crippen LogP) is 3.64. The summed E-state index contributed by atoms with van der Waals surface area (Å²) in [4.78, 5) is 2.35. The van der Waals surface area contributed by atoms with Crippen molar-refractivity contribution in [3.8, 4) is 0 Å². The van der Waals surface area contributed by atoms with Gasteiger partial charge in [-0.1, -0.05) is 0 Å². The van der Waals surface area contributed by atoms with Gasteiger partial charge in [0.1, 0.15) is 0 Å². The topological polar surface area (TPSA) is 15.3 Å². The van der Waals surface area contributed by atoms with Gasteiger partial charge in [0.15, 0.2) is 0 Å². The van der Waals surface area contributed by atoms with E-state index in [9.17, 15) is 0 Å². The minimum atomic E-state index is 0.556. The van der Waals surface area contributed by atoms with Gasteiger partial charge >= 0.3 is 0 Å². The van der Waals surface area contributed by atoms with Gasteiger partial charge < -0.3 is 10.2 Å². The summed E-state index contributed by atoms with van der Waals surface area (Å²) in [5, 5.41) is 3.60. The standard InChI is InChI=1S/C12H16Br2N2/c1-8-5-10(13)12(11(14)6-8)15-9-3-4-16(2)7-9/h5-6,9,15H,3-4,7H2,1-2H3. The van der Waals surface area contributed by atoms with Crippen LogP contribution in [0.15, 0.2) is 21.1 Å². The summed E-state index contributed by atoms with van der Waals surface area (Å²) in [6, 6.07) is 4.85. The third-order valence-electron chi connectivity index (χ3n) is 2.93. The molecule has 1 aromatic carbocycles. The van der Waals surface area contributed by atoms with Crippen LogP contribution in [0.1, 0.15) is 12.0 Å². The van der Waals surface area contributed by atoms with Gasteiger partial charge in [0, 0.05) is 21.5 Å². The molecular weight excluding hydrogens is 332 g/mol. The van der Waals surface area contributed by atoms with E-state index in [2.05, 4.69) is 68.2 Å². The highest BCUT2D eigenvalue weighted by atomic mass is 79.9. The van der Waals surface area contributed by atoms with Gasteiger partial charge in [0.05, 0.1) is 5.69 Å². The van der Waals surface area contributed by atoms with Gasteiger partial charge in [-0.3, -0.25) is 0 Å². The maximum absolute atomic E-state index is 3.61. The van der Waals surface area contributed by atoms with Crippen LogP contribution in [0.2, 0.25) is 0 Å². The van der Waals surface area contributed by atoms with Gasteiger partial charge in [-0.2, -0.15) is 0 Å². The lowest BCUT2D eigenvalue weighted by Crippen LogP contribution is -2.23. The van der Waals surface area contributed by atoms with E-state index < -0.39 is 0 Å². The lowest BCUT2D eigenvalue weighted by atomic mass is 10.2. The van der Waals surface area contributed by atoms with Crippen molar-refractivity contribution in [3.05, 3.63) is 26.6 Å². The lowest BCUT2D eigenvalue weighted by molar-refractivity contribution is 0.414. The van der Waals surface area contributed by atoms with Crippen LogP contribution < -0.4 is 5.32 Å². The number of benzene rings is 1. The number of aryl methyl sites for hydroxylation is 1. The molecule has 1 fully saturated rings. The summed E-state index contributed by atoms with van der Waals surface area (Å²) in [5.74, 6) is 0. The van der Waals surface area contributed by atoms with Crippen molar-refractivity contribution in [2.45, 2.75) is 19.4 Å². The van der Waals surface area contributed by atoms with Gasteiger partial charge in [0.25, 0.3) is 0 Å². The van der Waals surface area contributed by atoms with E-state index in [-0.39, 0.29) is 0 Å². The molecule has 0 aromatic heterocycles. The maximum atomic E-state index is 3.61. The molecule has 88 valence electrons. The first-order valence-electron chi connectivity index (χ1n) is 5.47. The van der Waals surface area contributed by atoms with Crippen LogP contribution >= 0.6 is 31.9 Å². The Morgan fingerprint density at radius 1 is 1.31 bits per heavy atom. The highest BCUT2D eigenvalue weighted by Crippen LogP contribution is 2.33. The van der Waals surface area contributed by atoms with Crippen molar-refractivity contribution in [2.75, 3.05) is 25.5 Å². The minimum Gasteiger partial charge on any atom is -0.379 e. The Labute approximate surface area is 114 Å². The maximum Gasteiger partial charge on any atom is 0.0631 e. The highest BCUT2D eigenvalue weighted by Gasteiger charge is 2.20. The number of rotatable bonds is 2. The van der Waals surface area contributed by atoms with Crippen molar-refractivity contribution in [1.29, 1.82) is 0 Å². The molecule has 1 atom stereocenters. The summed E-state index contributed by atoms with van der Waals surface area (Å²) in [5.41, 5.74) is 2.43. The van der Waals surface area contributed by atoms with Crippen LogP contribution in [0.25, 0.3) is 0 Å². The van der Waals surface area contributed by atoms with Gasteiger partial charge in [-0.05, 0) is 76.5 Å². The third kappa shape index (κ3) is 2.79. The van der Waals surface area contributed by atoms with Gasteiger partial charge in [-0.25, -0.2) is 0 Å². The highest BCUT2D eigenvalue weighted by molar-refractivity contribution is 9.11. The molecule has 16 heavy (non-hydrogen) atoms. The number of nitrogens with one attached hydrogen (secondary N) is 1. The van der Waals surface area contributed by atoms with Crippen molar-refractivity contribution in [1.82, 2.24) is 4.90 Å². The molecule has 1 unspecified atom stereocenters. The fraction of sp³-hybridized carbons (Fsp3) is 0.500. The number of likely N-dealkylation sites (N-methyl/N-ethyl adjacent to an activating group) is 1. The second-order valence-electron chi connectivity index (χ2n) is 4.50. The molecule has 0 saturated carbocycles. The first-order valence-corrected chi connectivity index (χ1v) is 7.05. The van der Waals surface area contributed by atoms with E-state index in [0.717, 1.165) is 15.5 Å². The molecule has 1 aromatic rings. The molecule has 0 bridgehead atoms. The summed E-state index contributed by atoms with van der Waals surface area (Å²) < 4.78 is 2.27. The normalized spacial score (nSPS) is 21.4. The fourth-order valence-electron chi connectivity index (χ4n) is 2.09. The lowest BCUT2D eigenvalue weighted by Gasteiger charge is -2.17. The zero-order chi connectivity index (χ0) is 11.7. The second kappa shape index (κ2) is 5.07. The van der Waals surface area contributed by atoms with E-state index in [1.165, 1.54) is 24.2 Å². The number of halogens is 2. The number of likely N-dealkylation sites (tertiary alicyclic amines) is 1. The zero-order valence-electron chi connectivity index (χ0n) is 9.56. The molecule has 1 saturated heterocycles. The molecule has 4 heteroatoms. The predicted molar refractivity (Wildman–Crippen MR) is 76.1 cm³/mol. The van der Waals surface area contributed by atoms with E-state index in [0.29, 0.717) is 6.04 Å². The molecule has 2 rings (SSSR count). The number of hydrogen-bond donors (Lipinski definition) is 1. The van der Waals surface area contributed by atoms with Crippen molar-refractivity contribution >= 4 is 37.5 Å². The van der Waals surface area contributed by atoms with E-state index in [4.69, 9.17) is 0 Å². The molecule has 0 amide bonds. The largest absolute Gasteiger partial charge is 0.379 e. The number of nitrogens with zero attached hydrogens (tertiary/aromatic N) is 1. The summed E-state index contributed by atoms with van der Waals surface area (Å²) >= 11 is 7.23. The molecular formula is C12H16Br2N2. The SMILES string of the molecule is Cc1cc(Br)c(NC2CCN(C)C2)c(Br)c1. The molecule has 1 N–H and O–H groups in total. The van der Waals surface area contributed by atoms with Crippen LogP contribution in [0, 0.1) is 6.92 Å². The smallest absolute Gasteiger partial charge is 0.0631 e. The molecule has 1 heterocycles. The first-order chi connectivity index (χ1) is 7.56. The molecule has 0 spiro atoms. The third-order valence-corrected chi connectivity index (χ3v) is 4.18. The Kier molecular flexibility index (Phi) is 3.93. The van der Waals surface area contributed by atoms with Crippen molar-refractivity contribution in [3.63, 3.8) is 0 Å². The summed E-state index contributed by atoms with van der Waals surface area (Å²) in [7, 11) is 2.17. The first kappa shape index (κ1) is 12.4. The molecule has 2 nitrogen and oxygen atoms in total. The van der Waals surface area contributed by atoms with Crippen LogP contribution in [0.5, 0.6) is 0 Å². The monoisotopic (exact) mass is 346 g/mol. The fourth-order valence-corrected chi connectivity index (χ4v) is 3.74. The Bertz CT molecular complexity index is 370. The minimum absolute atomic E-state index is 0.556. The van der Waals surface area contributed by atoms with Crippen LogP contribution in [0.3, 0.4) is 0 Å². The summed E-state index contributed by atoms with van der Waals surface area (Å²) in [6.07, 6.45) is 1.21. The van der Waals surface area contributed by atoms with Crippen LogP contribution in [-0.4, -0.2) is 31.1 Å². The van der Waals surface area contributed by atoms with E-state index in [1.807, 2.05) is 0 Å². The van der Waals surface area contributed by atoms with Crippen molar-refractivity contribution in [2.24, 2.45) is 0 Å². The molecule has 0 radical (unpaired) electrons. The Morgan fingerprint density at radius 3 is 2.44 bits per heavy atom. The van der Waals surface area contributed by atoms with Crippen molar-refractivity contribution < 1.29 is 0 Å². The number of anilines is 1.